The van der Waals surface area contributed by atoms with E-state index in [0.29, 0.717) is 10.0 Å². The van der Waals surface area contributed by atoms with E-state index in [0.717, 1.165) is 17.6 Å². The van der Waals surface area contributed by atoms with Crippen LogP contribution in [-0.4, -0.2) is 11.5 Å². The van der Waals surface area contributed by atoms with Crippen LogP contribution in [0.3, 0.4) is 0 Å². The zero-order chi connectivity index (χ0) is 10.7. The predicted octanol–water partition coefficient (Wildman–Crippen LogP) is 3.27. The zero-order valence-electron chi connectivity index (χ0n) is 8.29. The molecule has 1 saturated carbocycles. The monoisotopic (exact) mass is 241 g/mol. The molecule has 0 amide bonds. The van der Waals surface area contributed by atoms with Gasteiger partial charge in [-0.25, -0.2) is 4.98 Å². The summed E-state index contributed by atoms with van der Waals surface area (Å²) in [6, 6.07) is 2.02. The molecule has 0 aromatic carbocycles. The van der Waals surface area contributed by atoms with Crippen molar-refractivity contribution in [2.75, 3.05) is 11.9 Å². The molecule has 0 saturated heterocycles. The van der Waals surface area contributed by atoms with Gasteiger partial charge in [-0.2, -0.15) is 5.26 Å². The first-order chi connectivity index (χ1) is 7.29. The van der Waals surface area contributed by atoms with Crippen molar-refractivity contribution in [1.82, 2.24) is 4.98 Å². The van der Waals surface area contributed by atoms with Gasteiger partial charge in [0, 0.05) is 6.54 Å². The maximum atomic E-state index is 8.69. The second-order valence-electron chi connectivity index (χ2n) is 3.76. The number of rotatable bonds is 5. The molecular weight excluding hydrogens is 230 g/mol. The standard InChI is InChI=1S/C10H12ClN3S/c11-9-8(6-12)15-10(14-9)13-5-1-2-7-3-4-7/h7H,1-5H2,(H,13,14). The van der Waals surface area contributed by atoms with Gasteiger partial charge in [0.05, 0.1) is 0 Å². The van der Waals surface area contributed by atoms with Crippen LogP contribution in [0, 0.1) is 17.2 Å². The van der Waals surface area contributed by atoms with Gasteiger partial charge in [-0.05, 0) is 18.8 Å². The average Bonchev–Trinajstić information content (AvgIpc) is 2.97. The minimum Gasteiger partial charge on any atom is -0.361 e. The normalized spacial score (nSPS) is 14.9. The Balaban J connectivity index is 1.74. The molecule has 0 atom stereocenters. The van der Waals surface area contributed by atoms with E-state index in [4.69, 9.17) is 16.9 Å². The molecule has 0 spiro atoms. The lowest BCUT2D eigenvalue weighted by atomic mass is 10.2. The van der Waals surface area contributed by atoms with Gasteiger partial charge in [-0.1, -0.05) is 35.8 Å². The van der Waals surface area contributed by atoms with Crippen molar-refractivity contribution in [3.05, 3.63) is 10.0 Å². The highest BCUT2D eigenvalue weighted by Crippen LogP contribution is 2.33. The van der Waals surface area contributed by atoms with Crippen molar-refractivity contribution in [3.8, 4) is 6.07 Å². The minimum atomic E-state index is 0.312. The van der Waals surface area contributed by atoms with Crippen LogP contribution < -0.4 is 5.32 Å². The van der Waals surface area contributed by atoms with Gasteiger partial charge in [0.2, 0.25) is 0 Å². The van der Waals surface area contributed by atoms with Crippen LogP contribution >= 0.6 is 22.9 Å². The van der Waals surface area contributed by atoms with Crippen molar-refractivity contribution >= 4 is 28.1 Å². The maximum Gasteiger partial charge on any atom is 0.185 e. The molecule has 2 rings (SSSR count). The summed E-state index contributed by atoms with van der Waals surface area (Å²) < 4.78 is 0. The molecule has 1 N–H and O–H groups in total. The number of aromatic nitrogens is 1. The summed E-state index contributed by atoms with van der Waals surface area (Å²) >= 11 is 7.07. The van der Waals surface area contributed by atoms with Crippen LogP contribution in [0.1, 0.15) is 30.6 Å². The summed E-state index contributed by atoms with van der Waals surface area (Å²) in [7, 11) is 0. The van der Waals surface area contributed by atoms with Gasteiger partial charge >= 0.3 is 0 Å². The van der Waals surface area contributed by atoms with Gasteiger partial charge in [-0.15, -0.1) is 0 Å². The molecule has 0 unspecified atom stereocenters. The van der Waals surface area contributed by atoms with E-state index in [2.05, 4.69) is 10.3 Å². The average molecular weight is 242 g/mol. The quantitative estimate of drug-likeness (QED) is 0.805. The van der Waals surface area contributed by atoms with Crippen molar-refractivity contribution in [2.24, 2.45) is 5.92 Å². The molecular formula is C10H12ClN3S. The number of hydrogen-bond donors (Lipinski definition) is 1. The van der Waals surface area contributed by atoms with E-state index in [1.165, 1.54) is 37.0 Å². The van der Waals surface area contributed by atoms with Crippen molar-refractivity contribution in [2.45, 2.75) is 25.7 Å². The highest BCUT2D eigenvalue weighted by Gasteiger charge is 2.20. The summed E-state index contributed by atoms with van der Waals surface area (Å²) in [5, 5.41) is 13.0. The highest BCUT2D eigenvalue weighted by atomic mass is 35.5. The fourth-order valence-corrected chi connectivity index (χ4v) is 2.41. The topological polar surface area (TPSA) is 48.7 Å². The smallest absolute Gasteiger partial charge is 0.185 e. The van der Waals surface area contributed by atoms with E-state index in [9.17, 15) is 0 Å². The Bertz CT molecular complexity index is 379. The fourth-order valence-electron chi connectivity index (χ4n) is 1.44. The molecule has 1 fully saturated rings. The van der Waals surface area contributed by atoms with E-state index in [1.54, 1.807) is 0 Å². The van der Waals surface area contributed by atoms with Gasteiger partial charge in [-0.3, -0.25) is 0 Å². The number of nitrogens with one attached hydrogen (secondary N) is 1. The second kappa shape index (κ2) is 4.82. The minimum absolute atomic E-state index is 0.312. The largest absolute Gasteiger partial charge is 0.361 e. The lowest BCUT2D eigenvalue weighted by Crippen LogP contribution is -2.00. The van der Waals surface area contributed by atoms with Crippen LogP contribution in [0.4, 0.5) is 5.13 Å². The molecule has 1 aliphatic carbocycles. The molecule has 1 aliphatic rings. The van der Waals surface area contributed by atoms with Crippen LogP contribution in [-0.2, 0) is 0 Å². The van der Waals surface area contributed by atoms with Gasteiger partial charge in [0.15, 0.2) is 10.3 Å². The Morgan fingerprint density at radius 3 is 3.00 bits per heavy atom. The SMILES string of the molecule is N#Cc1sc(NCCCC2CC2)nc1Cl. The molecule has 1 aromatic rings. The molecule has 0 bridgehead atoms. The van der Waals surface area contributed by atoms with Crippen LogP contribution in [0.15, 0.2) is 0 Å². The Kier molecular flexibility index (Phi) is 3.45. The lowest BCUT2D eigenvalue weighted by molar-refractivity contribution is 0.687. The van der Waals surface area contributed by atoms with E-state index >= 15 is 0 Å². The van der Waals surface area contributed by atoms with Crippen molar-refractivity contribution < 1.29 is 0 Å². The summed E-state index contributed by atoms with van der Waals surface area (Å²) in [5.74, 6) is 0.973. The Morgan fingerprint density at radius 2 is 2.40 bits per heavy atom. The summed E-state index contributed by atoms with van der Waals surface area (Å²) in [5.41, 5.74) is 0. The number of halogens is 1. The molecule has 80 valence electrons. The molecule has 1 aromatic heterocycles. The third-order valence-corrected chi connectivity index (χ3v) is 3.75. The van der Waals surface area contributed by atoms with Crippen molar-refractivity contribution in [1.29, 1.82) is 5.26 Å². The number of anilines is 1. The summed E-state index contributed by atoms with van der Waals surface area (Å²) in [6.07, 6.45) is 5.28. The predicted molar refractivity (Wildman–Crippen MR) is 62.3 cm³/mol. The van der Waals surface area contributed by atoms with Gasteiger partial charge in [0.25, 0.3) is 0 Å². The van der Waals surface area contributed by atoms with Gasteiger partial charge in [0.1, 0.15) is 10.9 Å². The highest BCUT2D eigenvalue weighted by molar-refractivity contribution is 7.16. The number of thiazole rings is 1. The first-order valence-electron chi connectivity index (χ1n) is 5.10. The molecule has 3 nitrogen and oxygen atoms in total. The van der Waals surface area contributed by atoms with E-state index in [-0.39, 0.29) is 0 Å². The van der Waals surface area contributed by atoms with E-state index < -0.39 is 0 Å². The Morgan fingerprint density at radius 1 is 1.60 bits per heavy atom. The molecule has 5 heteroatoms. The van der Waals surface area contributed by atoms with Crippen LogP contribution in [0.5, 0.6) is 0 Å². The fraction of sp³-hybridized carbons (Fsp3) is 0.600. The van der Waals surface area contributed by atoms with Crippen LogP contribution in [0.25, 0.3) is 0 Å². The van der Waals surface area contributed by atoms with Gasteiger partial charge < -0.3 is 5.32 Å². The Hall–Kier alpha value is -0.790. The molecule has 1 heterocycles. The number of hydrogen-bond acceptors (Lipinski definition) is 4. The number of nitriles is 1. The zero-order valence-corrected chi connectivity index (χ0v) is 9.87. The second-order valence-corrected chi connectivity index (χ2v) is 5.12. The third kappa shape index (κ3) is 3.08. The maximum absolute atomic E-state index is 8.69. The third-order valence-electron chi connectivity index (χ3n) is 2.45. The van der Waals surface area contributed by atoms with Crippen molar-refractivity contribution in [3.63, 3.8) is 0 Å². The first-order valence-corrected chi connectivity index (χ1v) is 6.29. The molecule has 0 aliphatic heterocycles. The summed E-state index contributed by atoms with van der Waals surface area (Å²) in [4.78, 5) is 4.55. The lowest BCUT2D eigenvalue weighted by Gasteiger charge is -2.00. The Labute approximate surface area is 98.1 Å². The molecule has 15 heavy (non-hydrogen) atoms. The summed E-state index contributed by atoms with van der Waals surface area (Å²) in [6.45, 7) is 0.922. The van der Waals surface area contributed by atoms with Crippen LogP contribution in [0.2, 0.25) is 5.15 Å². The molecule has 0 radical (unpaired) electrons. The number of nitrogens with zero attached hydrogens (tertiary/aromatic N) is 2. The first kappa shape index (κ1) is 10.7. The van der Waals surface area contributed by atoms with E-state index in [1.807, 2.05) is 6.07 Å².